The molecule has 1 atom stereocenters. The molecular formula is C28H23ClF5N5O3. The SMILES string of the molecule is Cc1c(Cl)ncnc1-c1cc(C(F)(F)F)ccc1NC(=O)C1=C(O)[C@@]2(C)CCCN2N(Cc2cccc(F)c2F)C1=O. The second-order valence-electron chi connectivity index (χ2n) is 10.2. The van der Waals surface area contributed by atoms with Crippen LogP contribution in [0, 0.1) is 18.6 Å². The smallest absolute Gasteiger partial charge is 0.416 e. The summed E-state index contributed by atoms with van der Waals surface area (Å²) in [6.07, 6.45) is -2.83. The number of hydrogen-bond acceptors (Lipinski definition) is 6. The van der Waals surface area contributed by atoms with Gasteiger partial charge in [-0.05, 0) is 51.0 Å². The van der Waals surface area contributed by atoms with Gasteiger partial charge in [0.05, 0.1) is 29.0 Å². The van der Waals surface area contributed by atoms with Crippen molar-refractivity contribution in [3.8, 4) is 11.3 Å². The molecule has 5 rings (SSSR count). The first-order valence-electron chi connectivity index (χ1n) is 12.7. The predicted octanol–water partition coefficient (Wildman–Crippen LogP) is 5.96. The molecule has 1 aromatic heterocycles. The van der Waals surface area contributed by atoms with E-state index in [1.54, 1.807) is 6.92 Å². The van der Waals surface area contributed by atoms with Gasteiger partial charge in [0, 0.05) is 23.2 Å². The van der Waals surface area contributed by atoms with E-state index < -0.39 is 58.6 Å². The second kappa shape index (κ2) is 10.6. The summed E-state index contributed by atoms with van der Waals surface area (Å²) in [5, 5.41) is 16.2. The molecule has 0 radical (unpaired) electrons. The van der Waals surface area contributed by atoms with Crippen LogP contribution in [0.4, 0.5) is 27.6 Å². The van der Waals surface area contributed by atoms with Crippen molar-refractivity contribution in [2.45, 2.75) is 44.9 Å². The molecule has 2 amide bonds. The molecule has 3 aromatic rings. The number of benzene rings is 2. The first-order valence-corrected chi connectivity index (χ1v) is 13.1. The number of aliphatic hydroxyl groups is 1. The van der Waals surface area contributed by atoms with E-state index in [1.165, 1.54) is 24.1 Å². The molecule has 2 aromatic carbocycles. The van der Waals surface area contributed by atoms with E-state index in [0.29, 0.717) is 12.8 Å². The summed E-state index contributed by atoms with van der Waals surface area (Å²) in [5.74, 6) is -4.94. The third kappa shape index (κ3) is 4.96. The Hall–Kier alpha value is -4.10. The lowest BCUT2D eigenvalue weighted by atomic mass is 9.90. The molecule has 220 valence electrons. The van der Waals surface area contributed by atoms with Crippen molar-refractivity contribution in [1.29, 1.82) is 0 Å². The van der Waals surface area contributed by atoms with Crippen LogP contribution >= 0.6 is 11.6 Å². The van der Waals surface area contributed by atoms with E-state index in [0.717, 1.165) is 35.6 Å². The molecule has 0 saturated carbocycles. The number of hydrogen-bond donors (Lipinski definition) is 2. The molecule has 14 heteroatoms. The Kier molecular flexibility index (Phi) is 7.44. The Balaban J connectivity index is 1.57. The fraction of sp³-hybridized carbons (Fsp3) is 0.286. The standard InChI is InChI=1S/C28H23ClF5N5O3/c1-14-22(35-13-36-24(14)29)17-11-16(28(32,33)34)7-8-19(17)37-25(41)20-23(40)27(2)9-4-10-39(27)38(26(20)42)12-15-5-3-6-18(30)21(15)31/h3,5-8,11,13,40H,4,9-10,12H2,1-2H3,(H,37,41)/t27-/m1/s1. The topological polar surface area (TPSA) is 98.7 Å². The van der Waals surface area contributed by atoms with Crippen LogP contribution in [0.1, 0.15) is 36.5 Å². The molecule has 1 saturated heterocycles. The number of nitrogens with zero attached hydrogens (tertiary/aromatic N) is 4. The highest BCUT2D eigenvalue weighted by Crippen LogP contribution is 2.43. The number of amides is 2. The van der Waals surface area contributed by atoms with Gasteiger partial charge in [-0.3, -0.25) is 14.6 Å². The third-order valence-electron chi connectivity index (χ3n) is 7.54. The van der Waals surface area contributed by atoms with E-state index in [2.05, 4.69) is 15.3 Å². The van der Waals surface area contributed by atoms with Crippen LogP contribution in [-0.4, -0.2) is 49.0 Å². The molecule has 0 bridgehead atoms. The second-order valence-corrected chi connectivity index (χ2v) is 10.5. The number of carbonyl (C=O) groups is 2. The number of aliphatic hydroxyl groups excluding tert-OH is 1. The molecular weight excluding hydrogens is 585 g/mol. The highest BCUT2D eigenvalue weighted by atomic mass is 35.5. The van der Waals surface area contributed by atoms with Crippen LogP contribution in [-0.2, 0) is 22.3 Å². The lowest BCUT2D eigenvalue weighted by Gasteiger charge is -2.46. The van der Waals surface area contributed by atoms with Crippen LogP contribution in [0.15, 0.2) is 54.1 Å². The van der Waals surface area contributed by atoms with Crippen LogP contribution in [0.5, 0.6) is 0 Å². The highest BCUT2D eigenvalue weighted by Gasteiger charge is 2.52. The Morgan fingerprint density at radius 3 is 2.64 bits per heavy atom. The number of carbonyl (C=O) groups excluding carboxylic acids is 2. The first-order chi connectivity index (χ1) is 19.7. The van der Waals surface area contributed by atoms with Crippen LogP contribution < -0.4 is 5.32 Å². The summed E-state index contributed by atoms with van der Waals surface area (Å²) in [6, 6.07) is 6.01. The summed E-state index contributed by atoms with van der Waals surface area (Å²) < 4.78 is 69.3. The molecule has 2 aliphatic rings. The zero-order chi connectivity index (χ0) is 30.6. The Morgan fingerprint density at radius 2 is 1.93 bits per heavy atom. The normalized spacial score (nSPS) is 19.3. The van der Waals surface area contributed by atoms with Crippen molar-refractivity contribution in [2.75, 3.05) is 11.9 Å². The number of nitrogens with one attached hydrogen (secondary N) is 1. The number of rotatable bonds is 5. The van der Waals surface area contributed by atoms with Crippen molar-refractivity contribution in [3.05, 3.63) is 87.5 Å². The lowest BCUT2D eigenvalue weighted by Crippen LogP contribution is -2.60. The summed E-state index contributed by atoms with van der Waals surface area (Å²) in [7, 11) is 0. The van der Waals surface area contributed by atoms with Gasteiger partial charge in [0.15, 0.2) is 11.6 Å². The minimum atomic E-state index is -4.73. The van der Waals surface area contributed by atoms with E-state index in [4.69, 9.17) is 11.6 Å². The maximum absolute atomic E-state index is 14.6. The number of alkyl halides is 3. The lowest BCUT2D eigenvalue weighted by molar-refractivity contribution is -0.160. The third-order valence-corrected chi connectivity index (χ3v) is 7.92. The van der Waals surface area contributed by atoms with Gasteiger partial charge >= 0.3 is 6.18 Å². The van der Waals surface area contributed by atoms with Gasteiger partial charge < -0.3 is 10.4 Å². The largest absolute Gasteiger partial charge is 0.509 e. The molecule has 0 unspecified atom stereocenters. The molecule has 42 heavy (non-hydrogen) atoms. The molecule has 0 spiro atoms. The summed E-state index contributed by atoms with van der Waals surface area (Å²) >= 11 is 6.08. The highest BCUT2D eigenvalue weighted by molar-refractivity contribution is 6.30. The summed E-state index contributed by atoms with van der Waals surface area (Å²) in [5.41, 5.74) is -3.17. The fourth-order valence-electron chi connectivity index (χ4n) is 5.29. The number of hydrazine groups is 1. The average molecular weight is 608 g/mol. The van der Waals surface area contributed by atoms with Crippen molar-refractivity contribution in [1.82, 2.24) is 20.0 Å². The fourth-order valence-corrected chi connectivity index (χ4v) is 5.42. The minimum absolute atomic E-state index is 0.00158. The van der Waals surface area contributed by atoms with Crippen molar-refractivity contribution in [2.24, 2.45) is 0 Å². The Labute approximate surface area is 241 Å². The summed E-state index contributed by atoms with van der Waals surface area (Å²) in [6.45, 7) is 2.93. The van der Waals surface area contributed by atoms with Gasteiger partial charge in [-0.15, -0.1) is 0 Å². The zero-order valence-corrected chi connectivity index (χ0v) is 22.9. The van der Waals surface area contributed by atoms with Crippen molar-refractivity contribution < 1.29 is 36.6 Å². The maximum Gasteiger partial charge on any atom is 0.416 e. The van der Waals surface area contributed by atoms with E-state index >= 15 is 0 Å². The van der Waals surface area contributed by atoms with Crippen LogP contribution in [0.2, 0.25) is 5.15 Å². The monoisotopic (exact) mass is 607 g/mol. The average Bonchev–Trinajstić information content (AvgIpc) is 3.33. The molecule has 3 heterocycles. The molecule has 1 fully saturated rings. The van der Waals surface area contributed by atoms with Crippen molar-refractivity contribution in [3.63, 3.8) is 0 Å². The Morgan fingerprint density at radius 1 is 1.19 bits per heavy atom. The van der Waals surface area contributed by atoms with E-state index in [9.17, 15) is 36.6 Å². The van der Waals surface area contributed by atoms with Gasteiger partial charge in [0.25, 0.3) is 11.8 Å². The molecule has 0 aliphatic carbocycles. The minimum Gasteiger partial charge on any atom is -0.509 e. The summed E-state index contributed by atoms with van der Waals surface area (Å²) in [4.78, 5) is 35.2. The molecule has 2 N–H and O–H groups in total. The number of anilines is 1. The van der Waals surface area contributed by atoms with Gasteiger partial charge in [0.2, 0.25) is 0 Å². The first kappa shape index (κ1) is 29.4. The van der Waals surface area contributed by atoms with Crippen molar-refractivity contribution >= 4 is 29.1 Å². The number of fused-ring (bicyclic) bond motifs is 1. The maximum atomic E-state index is 14.6. The Bertz CT molecular complexity index is 1650. The predicted molar refractivity (Wildman–Crippen MR) is 142 cm³/mol. The van der Waals surface area contributed by atoms with Crippen LogP contribution in [0.25, 0.3) is 11.3 Å². The van der Waals surface area contributed by atoms with E-state index in [-0.39, 0.29) is 39.8 Å². The van der Waals surface area contributed by atoms with Gasteiger partial charge in [0.1, 0.15) is 22.8 Å². The van der Waals surface area contributed by atoms with Gasteiger partial charge in [-0.1, -0.05) is 23.7 Å². The zero-order valence-electron chi connectivity index (χ0n) is 22.2. The van der Waals surface area contributed by atoms with Gasteiger partial charge in [-0.2, -0.15) is 13.2 Å². The van der Waals surface area contributed by atoms with Crippen LogP contribution in [0.3, 0.4) is 0 Å². The number of halogens is 6. The number of aromatic nitrogens is 2. The van der Waals surface area contributed by atoms with E-state index in [1.807, 2.05) is 0 Å². The molecule has 2 aliphatic heterocycles. The quantitative estimate of drug-likeness (QED) is 0.211. The molecule has 8 nitrogen and oxygen atoms in total. The van der Waals surface area contributed by atoms with Gasteiger partial charge in [-0.25, -0.2) is 23.8 Å².